The minimum absolute atomic E-state index is 0.112. The molecular formula is C17H16N4O3. The van der Waals surface area contributed by atoms with Crippen molar-refractivity contribution in [2.24, 2.45) is 0 Å². The van der Waals surface area contributed by atoms with Crippen LogP contribution in [0.3, 0.4) is 0 Å². The lowest BCUT2D eigenvalue weighted by atomic mass is 10.1. The molecule has 4 amide bonds. The number of carbonyl (C=O) groups is 3. The lowest BCUT2D eigenvalue weighted by Crippen LogP contribution is -2.39. The second-order valence-electron chi connectivity index (χ2n) is 5.41. The topological polar surface area (TPSA) is 91.4 Å². The quantitative estimate of drug-likeness (QED) is 0.839. The van der Waals surface area contributed by atoms with E-state index in [1.54, 1.807) is 36.5 Å². The largest absolute Gasteiger partial charge is 0.336 e. The molecule has 7 nitrogen and oxygen atoms in total. The zero-order valence-electron chi connectivity index (χ0n) is 13.1. The summed E-state index contributed by atoms with van der Waals surface area (Å²) in [6.45, 7) is 2.16. The summed E-state index contributed by atoms with van der Waals surface area (Å²) in [5.74, 6) is -0.232. The SMILES string of the molecule is Cc1ccnc(NC(=O)NCCN2C(=O)c3ccccc3C2=O)c1. The Kier molecular flexibility index (Phi) is 4.24. The number of carbonyl (C=O) groups excluding carboxylic acids is 3. The standard InChI is InChI=1S/C17H16N4O3/c1-11-6-7-18-14(10-11)20-17(24)19-8-9-21-15(22)12-4-2-3-5-13(12)16(21)23/h2-7,10H,8-9H2,1H3,(H2,18,19,20,24). The van der Waals surface area contributed by atoms with E-state index in [1.807, 2.05) is 13.0 Å². The Morgan fingerprint density at radius 2 is 1.79 bits per heavy atom. The van der Waals surface area contributed by atoms with Crippen molar-refractivity contribution in [2.45, 2.75) is 6.92 Å². The Hall–Kier alpha value is -3.22. The maximum atomic E-state index is 12.2. The third-order valence-electron chi connectivity index (χ3n) is 3.66. The lowest BCUT2D eigenvalue weighted by molar-refractivity contribution is 0.0656. The van der Waals surface area contributed by atoms with Crippen molar-refractivity contribution in [1.29, 1.82) is 0 Å². The molecule has 3 rings (SSSR count). The fraction of sp³-hybridized carbons (Fsp3) is 0.176. The Morgan fingerprint density at radius 1 is 1.12 bits per heavy atom. The van der Waals surface area contributed by atoms with Gasteiger partial charge in [-0.3, -0.25) is 19.8 Å². The molecule has 122 valence electrons. The predicted molar refractivity (Wildman–Crippen MR) is 87.8 cm³/mol. The number of rotatable bonds is 4. The number of hydrogen-bond acceptors (Lipinski definition) is 4. The summed E-state index contributed by atoms with van der Waals surface area (Å²) in [6.07, 6.45) is 1.60. The molecule has 0 saturated carbocycles. The van der Waals surface area contributed by atoms with E-state index in [9.17, 15) is 14.4 Å². The van der Waals surface area contributed by atoms with E-state index in [2.05, 4.69) is 15.6 Å². The van der Waals surface area contributed by atoms with Gasteiger partial charge >= 0.3 is 6.03 Å². The number of nitrogens with one attached hydrogen (secondary N) is 2. The zero-order chi connectivity index (χ0) is 17.1. The Labute approximate surface area is 138 Å². The summed E-state index contributed by atoms with van der Waals surface area (Å²) in [7, 11) is 0. The summed E-state index contributed by atoms with van der Waals surface area (Å²) in [6, 6.07) is 9.81. The first-order chi connectivity index (χ1) is 11.6. The average molecular weight is 324 g/mol. The van der Waals surface area contributed by atoms with Crippen LogP contribution in [-0.2, 0) is 0 Å². The van der Waals surface area contributed by atoms with Crippen molar-refractivity contribution in [3.63, 3.8) is 0 Å². The molecule has 1 aliphatic rings. The van der Waals surface area contributed by atoms with Crippen molar-refractivity contribution in [3.8, 4) is 0 Å². The number of aryl methyl sites for hydroxylation is 1. The van der Waals surface area contributed by atoms with Crippen LogP contribution in [0, 0.1) is 6.92 Å². The molecule has 1 aromatic heterocycles. The third kappa shape index (κ3) is 3.10. The van der Waals surface area contributed by atoms with E-state index in [1.165, 1.54) is 0 Å². The number of amides is 4. The van der Waals surface area contributed by atoms with Crippen molar-refractivity contribution in [3.05, 3.63) is 59.3 Å². The monoisotopic (exact) mass is 324 g/mol. The van der Waals surface area contributed by atoms with Crippen LogP contribution < -0.4 is 10.6 Å². The van der Waals surface area contributed by atoms with Crippen molar-refractivity contribution < 1.29 is 14.4 Å². The average Bonchev–Trinajstić information content (AvgIpc) is 2.80. The molecule has 1 aliphatic heterocycles. The van der Waals surface area contributed by atoms with Crippen molar-refractivity contribution >= 4 is 23.7 Å². The van der Waals surface area contributed by atoms with Gasteiger partial charge in [-0.25, -0.2) is 9.78 Å². The summed E-state index contributed by atoms with van der Waals surface area (Å²) in [4.78, 5) is 41.3. The van der Waals surface area contributed by atoms with Crippen LogP contribution in [-0.4, -0.2) is 40.8 Å². The Bertz CT molecular complexity index is 784. The number of aromatic nitrogens is 1. The highest BCUT2D eigenvalue weighted by atomic mass is 16.2. The van der Waals surface area contributed by atoms with Crippen LogP contribution in [0.5, 0.6) is 0 Å². The Balaban J connectivity index is 1.53. The normalized spacial score (nSPS) is 13.0. The first-order valence-electron chi connectivity index (χ1n) is 7.49. The molecule has 0 radical (unpaired) electrons. The van der Waals surface area contributed by atoms with E-state index >= 15 is 0 Å². The minimum atomic E-state index is -0.440. The highest BCUT2D eigenvalue weighted by Gasteiger charge is 2.34. The molecule has 2 aromatic rings. The van der Waals surface area contributed by atoms with Crippen LogP contribution in [0.15, 0.2) is 42.6 Å². The van der Waals surface area contributed by atoms with Gasteiger partial charge in [0.1, 0.15) is 5.82 Å². The van der Waals surface area contributed by atoms with Gasteiger partial charge in [-0.1, -0.05) is 12.1 Å². The maximum absolute atomic E-state index is 12.2. The van der Waals surface area contributed by atoms with Crippen molar-refractivity contribution in [2.75, 3.05) is 18.4 Å². The van der Waals surface area contributed by atoms with Gasteiger partial charge in [-0.15, -0.1) is 0 Å². The maximum Gasteiger partial charge on any atom is 0.320 e. The fourth-order valence-corrected chi connectivity index (χ4v) is 2.49. The van der Waals surface area contributed by atoms with E-state index in [-0.39, 0.29) is 24.9 Å². The third-order valence-corrected chi connectivity index (χ3v) is 3.66. The van der Waals surface area contributed by atoms with Crippen LogP contribution in [0.1, 0.15) is 26.3 Å². The highest BCUT2D eigenvalue weighted by Crippen LogP contribution is 2.21. The first-order valence-corrected chi connectivity index (χ1v) is 7.49. The Morgan fingerprint density at radius 3 is 2.42 bits per heavy atom. The van der Waals surface area contributed by atoms with E-state index in [0.717, 1.165) is 10.5 Å². The lowest BCUT2D eigenvalue weighted by Gasteiger charge is -2.14. The van der Waals surface area contributed by atoms with Gasteiger partial charge < -0.3 is 5.32 Å². The summed E-state index contributed by atoms with van der Waals surface area (Å²) >= 11 is 0. The number of fused-ring (bicyclic) bond motifs is 1. The zero-order valence-corrected chi connectivity index (χ0v) is 13.1. The molecule has 2 heterocycles. The van der Waals surface area contributed by atoms with Gasteiger partial charge in [-0.2, -0.15) is 0 Å². The smallest absolute Gasteiger partial charge is 0.320 e. The molecule has 1 aromatic carbocycles. The summed E-state index contributed by atoms with van der Waals surface area (Å²) in [5, 5.41) is 5.21. The second-order valence-corrected chi connectivity index (χ2v) is 5.41. The molecule has 0 spiro atoms. The molecule has 0 bridgehead atoms. The number of urea groups is 1. The number of imide groups is 1. The van der Waals surface area contributed by atoms with Gasteiger partial charge in [0, 0.05) is 19.3 Å². The molecule has 0 atom stereocenters. The molecule has 2 N–H and O–H groups in total. The number of nitrogens with zero attached hydrogens (tertiary/aromatic N) is 2. The highest BCUT2D eigenvalue weighted by molar-refractivity contribution is 6.21. The molecular weight excluding hydrogens is 308 g/mol. The number of hydrogen-bond donors (Lipinski definition) is 2. The van der Waals surface area contributed by atoms with Crippen LogP contribution in [0.2, 0.25) is 0 Å². The number of pyridine rings is 1. The van der Waals surface area contributed by atoms with Crippen molar-refractivity contribution in [1.82, 2.24) is 15.2 Å². The molecule has 0 saturated heterocycles. The molecule has 7 heteroatoms. The van der Waals surface area contributed by atoms with Crippen LogP contribution in [0.4, 0.5) is 10.6 Å². The van der Waals surface area contributed by atoms with Crippen LogP contribution >= 0.6 is 0 Å². The fourth-order valence-electron chi connectivity index (χ4n) is 2.49. The minimum Gasteiger partial charge on any atom is -0.336 e. The first kappa shape index (κ1) is 15.7. The number of anilines is 1. The molecule has 0 fully saturated rings. The summed E-state index contributed by atoms with van der Waals surface area (Å²) in [5.41, 5.74) is 1.78. The molecule has 0 aliphatic carbocycles. The van der Waals surface area contributed by atoms with E-state index in [0.29, 0.717) is 16.9 Å². The molecule has 24 heavy (non-hydrogen) atoms. The second kappa shape index (κ2) is 6.49. The number of benzene rings is 1. The van der Waals surface area contributed by atoms with E-state index in [4.69, 9.17) is 0 Å². The molecule has 0 unspecified atom stereocenters. The van der Waals surface area contributed by atoms with Gasteiger partial charge in [-0.05, 0) is 36.8 Å². The van der Waals surface area contributed by atoms with Crippen LogP contribution in [0.25, 0.3) is 0 Å². The summed E-state index contributed by atoms with van der Waals surface area (Å²) < 4.78 is 0. The van der Waals surface area contributed by atoms with Gasteiger partial charge in [0.05, 0.1) is 11.1 Å². The van der Waals surface area contributed by atoms with Gasteiger partial charge in [0.25, 0.3) is 11.8 Å². The predicted octanol–water partition coefficient (Wildman–Crippen LogP) is 1.81. The van der Waals surface area contributed by atoms with Gasteiger partial charge in [0.15, 0.2) is 0 Å². The van der Waals surface area contributed by atoms with Gasteiger partial charge in [0.2, 0.25) is 0 Å². The van der Waals surface area contributed by atoms with E-state index < -0.39 is 6.03 Å².